The molecule has 0 N–H and O–H groups in total. The second kappa shape index (κ2) is 4.35. The topological polar surface area (TPSA) is 84.0 Å². The van der Waals surface area contributed by atoms with E-state index in [0.29, 0.717) is 3.57 Å². The van der Waals surface area contributed by atoms with Crippen LogP contribution in [0.4, 0.5) is 5.69 Å². The van der Waals surface area contributed by atoms with Crippen molar-refractivity contribution in [2.24, 2.45) is 0 Å². The second-order valence-corrected chi connectivity index (χ2v) is 3.91. The minimum Gasteiger partial charge on any atom is -0.294 e. The Labute approximate surface area is 99.0 Å². The van der Waals surface area contributed by atoms with Gasteiger partial charge in [-0.1, -0.05) is 0 Å². The molecule has 0 bridgehead atoms. The first kappa shape index (κ1) is 11.6. The zero-order valence-corrected chi connectivity index (χ0v) is 9.81. The third-order valence-electron chi connectivity index (χ3n) is 1.80. The number of hydrogen-bond donors (Lipinski definition) is 0. The van der Waals surface area contributed by atoms with E-state index in [1.165, 1.54) is 19.1 Å². The molecule has 6 heteroatoms. The summed E-state index contributed by atoms with van der Waals surface area (Å²) in [6.45, 7) is 1.27. The normalized spacial score (nSPS) is 9.40. The molecule has 0 amide bonds. The SMILES string of the molecule is CC(=O)c1ccc(I)c([N+](=O)[O-])c1C#N. The maximum Gasteiger partial charge on any atom is 0.301 e. The summed E-state index contributed by atoms with van der Waals surface area (Å²) in [5.41, 5.74) is -0.380. The third-order valence-corrected chi connectivity index (χ3v) is 2.67. The van der Waals surface area contributed by atoms with E-state index >= 15 is 0 Å². The van der Waals surface area contributed by atoms with Crippen molar-refractivity contribution in [3.8, 4) is 6.07 Å². The maximum atomic E-state index is 11.1. The van der Waals surface area contributed by atoms with Crippen LogP contribution in [-0.2, 0) is 0 Å². The Bertz CT molecular complexity index is 491. The molecule has 0 aliphatic heterocycles. The van der Waals surface area contributed by atoms with E-state index in [-0.39, 0.29) is 22.6 Å². The number of benzene rings is 1. The molecule has 1 aromatic carbocycles. The van der Waals surface area contributed by atoms with Crippen LogP contribution in [-0.4, -0.2) is 10.7 Å². The quantitative estimate of drug-likeness (QED) is 0.363. The van der Waals surface area contributed by atoms with Crippen LogP contribution in [0.3, 0.4) is 0 Å². The van der Waals surface area contributed by atoms with Crippen LogP contribution in [0.1, 0.15) is 22.8 Å². The van der Waals surface area contributed by atoms with Crippen molar-refractivity contribution in [2.75, 3.05) is 0 Å². The number of nitro benzene ring substituents is 1. The van der Waals surface area contributed by atoms with Crippen molar-refractivity contribution >= 4 is 34.1 Å². The van der Waals surface area contributed by atoms with Gasteiger partial charge < -0.3 is 0 Å². The second-order valence-electron chi connectivity index (χ2n) is 2.74. The minimum atomic E-state index is -0.646. The van der Waals surface area contributed by atoms with Crippen molar-refractivity contribution in [3.05, 3.63) is 36.9 Å². The van der Waals surface area contributed by atoms with E-state index in [9.17, 15) is 14.9 Å². The van der Waals surface area contributed by atoms with Gasteiger partial charge in [0, 0.05) is 5.56 Å². The van der Waals surface area contributed by atoms with Gasteiger partial charge in [-0.15, -0.1) is 0 Å². The molecule has 5 nitrogen and oxygen atoms in total. The summed E-state index contributed by atoms with van der Waals surface area (Å²) in [7, 11) is 0. The minimum absolute atomic E-state index is 0.0876. The first-order valence-electron chi connectivity index (χ1n) is 3.87. The summed E-state index contributed by atoms with van der Waals surface area (Å²) < 4.78 is 0.346. The maximum absolute atomic E-state index is 11.1. The van der Waals surface area contributed by atoms with E-state index in [4.69, 9.17) is 5.26 Å². The lowest BCUT2D eigenvalue weighted by atomic mass is 10.0. The molecule has 15 heavy (non-hydrogen) atoms. The van der Waals surface area contributed by atoms with Crippen LogP contribution in [0, 0.1) is 25.0 Å². The number of Topliss-reactive ketones (excluding diaryl/α,β-unsaturated/α-hetero) is 1. The highest BCUT2D eigenvalue weighted by molar-refractivity contribution is 14.1. The monoisotopic (exact) mass is 316 g/mol. The largest absolute Gasteiger partial charge is 0.301 e. The smallest absolute Gasteiger partial charge is 0.294 e. The Morgan fingerprint density at radius 2 is 2.20 bits per heavy atom. The fourth-order valence-electron chi connectivity index (χ4n) is 1.15. The lowest BCUT2D eigenvalue weighted by Gasteiger charge is -2.02. The van der Waals surface area contributed by atoms with Gasteiger partial charge in [-0.3, -0.25) is 14.9 Å². The average Bonchev–Trinajstić information content (AvgIpc) is 2.15. The van der Waals surface area contributed by atoms with Crippen LogP contribution < -0.4 is 0 Å². The summed E-state index contributed by atoms with van der Waals surface area (Å²) in [6, 6.07) is 4.58. The van der Waals surface area contributed by atoms with Gasteiger partial charge in [-0.2, -0.15) is 5.26 Å². The number of carbonyl (C=O) groups excluding carboxylic acids is 1. The standard InChI is InChI=1S/C9H5IN2O3/c1-5(13)6-2-3-8(10)9(12(14)15)7(6)4-11/h2-3H,1H3. The Morgan fingerprint density at radius 3 is 2.60 bits per heavy atom. The number of rotatable bonds is 2. The van der Waals surface area contributed by atoms with Gasteiger partial charge in [0.2, 0.25) is 0 Å². The van der Waals surface area contributed by atoms with Gasteiger partial charge in [-0.05, 0) is 41.6 Å². The number of hydrogen-bond acceptors (Lipinski definition) is 4. The van der Waals surface area contributed by atoms with Crippen molar-refractivity contribution < 1.29 is 9.72 Å². The molecular formula is C9H5IN2O3. The molecule has 0 radical (unpaired) electrons. The predicted octanol–water partition coefficient (Wildman–Crippen LogP) is 2.27. The summed E-state index contributed by atoms with van der Waals surface area (Å²) in [6.07, 6.45) is 0. The Morgan fingerprint density at radius 1 is 1.60 bits per heavy atom. The van der Waals surface area contributed by atoms with Crippen LogP contribution in [0.5, 0.6) is 0 Å². The van der Waals surface area contributed by atoms with Gasteiger partial charge in [0.15, 0.2) is 5.78 Å². The molecule has 0 aliphatic rings. The summed E-state index contributed by atoms with van der Waals surface area (Å²) >= 11 is 1.76. The first-order valence-corrected chi connectivity index (χ1v) is 4.94. The molecule has 76 valence electrons. The van der Waals surface area contributed by atoms with E-state index in [2.05, 4.69) is 0 Å². The molecule has 0 fully saturated rings. The third kappa shape index (κ3) is 2.12. The van der Waals surface area contributed by atoms with Gasteiger partial charge in [0.1, 0.15) is 11.6 Å². The van der Waals surface area contributed by atoms with Crippen LogP contribution in [0.2, 0.25) is 0 Å². The highest BCUT2D eigenvalue weighted by atomic mass is 127. The van der Waals surface area contributed by atoms with E-state index in [1.54, 1.807) is 28.7 Å². The van der Waals surface area contributed by atoms with E-state index in [0.717, 1.165) is 0 Å². The molecule has 0 spiro atoms. The molecule has 0 saturated carbocycles. The molecule has 0 unspecified atom stereocenters. The van der Waals surface area contributed by atoms with Gasteiger partial charge in [0.05, 0.1) is 8.49 Å². The molecule has 0 aliphatic carbocycles. The molecule has 1 aromatic rings. The zero-order chi connectivity index (χ0) is 11.6. The fourth-order valence-corrected chi connectivity index (χ4v) is 1.80. The lowest BCUT2D eigenvalue weighted by molar-refractivity contribution is -0.386. The number of nitro groups is 1. The van der Waals surface area contributed by atoms with Crippen molar-refractivity contribution in [1.82, 2.24) is 0 Å². The number of ketones is 1. The van der Waals surface area contributed by atoms with Gasteiger partial charge >= 0.3 is 5.69 Å². The van der Waals surface area contributed by atoms with Crippen molar-refractivity contribution in [1.29, 1.82) is 5.26 Å². The van der Waals surface area contributed by atoms with Crippen LogP contribution >= 0.6 is 22.6 Å². The van der Waals surface area contributed by atoms with Gasteiger partial charge in [-0.25, -0.2) is 0 Å². The first-order chi connectivity index (χ1) is 6.99. The Kier molecular flexibility index (Phi) is 3.36. The summed E-state index contributed by atoms with van der Waals surface area (Å²) in [5, 5.41) is 19.5. The number of nitriles is 1. The highest BCUT2D eigenvalue weighted by Crippen LogP contribution is 2.27. The Balaban J connectivity index is 3.64. The number of halogens is 1. The van der Waals surface area contributed by atoms with E-state index < -0.39 is 4.92 Å². The Hall–Kier alpha value is -1.49. The highest BCUT2D eigenvalue weighted by Gasteiger charge is 2.23. The molecule has 0 aromatic heterocycles. The van der Waals surface area contributed by atoms with Crippen LogP contribution in [0.25, 0.3) is 0 Å². The van der Waals surface area contributed by atoms with Crippen molar-refractivity contribution in [2.45, 2.75) is 6.92 Å². The summed E-state index contributed by atoms with van der Waals surface area (Å²) in [4.78, 5) is 21.2. The molecule has 0 heterocycles. The molecule has 0 saturated heterocycles. The van der Waals surface area contributed by atoms with Crippen molar-refractivity contribution in [3.63, 3.8) is 0 Å². The van der Waals surface area contributed by atoms with E-state index in [1.807, 2.05) is 0 Å². The molecular weight excluding hydrogens is 311 g/mol. The summed E-state index contributed by atoms with van der Waals surface area (Å²) in [5.74, 6) is -0.356. The fraction of sp³-hybridized carbons (Fsp3) is 0.111. The number of carbonyl (C=O) groups is 1. The predicted molar refractivity (Wildman–Crippen MR) is 60.5 cm³/mol. The zero-order valence-electron chi connectivity index (χ0n) is 7.65. The van der Waals surface area contributed by atoms with Crippen LogP contribution in [0.15, 0.2) is 12.1 Å². The lowest BCUT2D eigenvalue weighted by Crippen LogP contribution is -2.03. The molecule has 0 atom stereocenters. The number of nitrogens with zero attached hydrogens (tertiary/aromatic N) is 2. The average molecular weight is 316 g/mol. The molecule has 1 rings (SSSR count). The van der Waals surface area contributed by atoms with Gasteiger partial charge in [0.25, 0.3) is 0 Å².